The van der Waals surface area contributed by atoms with E-state index >= 15 is 0 Å². The second-order valence-corrected chi connectivity index (χ2v) is 11.2. The molecular weight excluding hydrogens is 514 g/mol. The third-order valence-electron chi connectivity index (χ3n) is 6.99. The SMILES string of the molecule is CC(C)[C@@H]1OC(=O)C(C)(C)/C=C/c2ccc3ncc(nc3c2)N(C)NC(=O)[C@@H]2CCCN(N2)C(=O)[C@H](C)NC1=O. The molecule has 12 nitrogen and oxygen atoms in total. The molecule has 5 bridgehead atoms. The molecule has 12 heteroatoms. The maximum atomic E-state index is 13.2. The van der Waals surface area contributed by atoms with Crippen LogP contribution in [0.1, 0.15) is 53.0 Å². The minimum atomic E-state index is -1.10. The monoisotopic (exact) mass is 551 g/mol. The highest BCUT2D eigenvalue weighted by Gasteiger charge is 2.36. The first-order valence-corrected chi connectivity index (χ1v) is 13.4. The Balaban J connectivity index is 1.70. The van der Waals surface area contributed by atoms with E-state index in [-0.39, 0.29) is 11.8 Å². The lowest BCUT2D eigenvalue weighted by Crippen LogP contribution is -2.62. The van der Waals surface area contributed by atoms with Crippen LogP contribution < -0.4 is 21.2 Å². The molecule has 1 aromatic carbocycles. The van der Waals surface area contributed by atoms with Crippen LogP contribution >= 0.6 is 0 Å². The van der Waals surface area contributed by atoms with Crippen LogP contribution in [0.3, 0.4) is 0 Å². The van der Waals surface area contributed by atoms with Gasteiger partial charge in [-0.3, -0.25) is 39.6 Å². The van der Waals surface area contributed by atoms with Gasteiger partial charge in [-0.2, -0.15) is 0 Å². The van der Waals surface area contributed by atoms with Gasteiger partial charge in [0, 0.05) is 13.6 Å². The summed E-state index contributed by atoms with van der Waals surface area (Å²) in [7, 11) is 1.66. The summed E-state index contributed by atoms with van der Waals surface area (Å²) in [6.45, 7) is 8.88. The molecule has 214 valence electrons. The smallest absolute Gasteiger partial charge is 0.316 e. The van der Waals surface area contributed by atoms with Crippen molar-refractivity contribution in [3.05, 3.63) is 36.0 Å². The van der Waals surface area contributed by atoms with Crippen molar-refractivity contribution < 1.29 is 23.9 Å². The Morgan fingerprint density at radius 1 is 1.10 bits per heavy atom. The fourth-order valence-electron chi connectivity index (χ4n) is 4.44. The lowest BCUT2D eigenvalue weighted by molar-refractivity contribution is -0.165. The Kier molecular flexibility index (Phi) is 8.38. The van der Waals surface area contributed by atoms with Crippen molar-refractivity contribution in [3.63, 3.8) is 0 Å². The number of rotatable bonds is 1. The van der Waals surface area contributed by atoms with Gasteiger partial charge in [0.2, 0.25) is 0 Å². The zero-order valence-electron chi connectivity index (χ0n) is 23.7. The Bertz CT molecular complexity index is 1340. The van der Waals surface area contributed by atoms with E-state index in [1.165, 1.54) is 10.0 Å². The van der Waals surface area contributed by atoms with Gasteiger partial charge in [-0.05, 0) is 57.2 Å². The number of hydrazine groups is 2. The molecule has 0 aliphatic carbocycles. The van der Waals surface area contributed by atoms with E-state index in [0.29, 0.717) is 36.2 Å². The lowest BCUT2D eigenvalue weighted by atomic mass is 9.92. The molecule has 1 fully saturated rings. The van der Waals surface area contributed by atoms with Crippen LogP contribution in [0.5, 0.6) is 0 Å². The first kappa shape index (κ1) is 28.9. The minimum absolute atomic E-state index is 0.334. The second kappa shape index (κ2) is 11.6. The summed E-state index contributed by atoms with van der Waals surface area (Å²) in [5.41, 5.74) is 6.79. The van der Waals surface area contributed by atoms with E-state index in [9.17, 15) is 19.2 Å². The van der Waals surface area contributed by atoms with Gasteiger partial charge in [0.25, 0.3) is 17.7 Å². The lowest BCUT2D eigenvalue weighted by Gasteiger charge is -2.35. The van der Waals surface area contributed by atoms with Crippen molar-refractivity contribution in [2.24, 2.45) is 11.3 Å². The summed E-state index contributed by atoms with van der Waals surface area (Å²) in [6.07, 6.45) is 5.07. The number of nitrogens with one attached hydrogen (secondary N) is 3. The number of hydrogen-bond acceptors (Lipinski definition) is 9. The summed E-state index contributed by atoms with van der Waals surface area (Å²) in [6, 6.07) is 3.93. The molecule has 1 saturated heterocycles. The largest absolute Gasteiger partial charge is 0.451 e. The molecule has 4 rings (SSSR count). The maximum absolute atomic E-state index is 13.2. The fraction of sp³-hybridized carbons (Fsp3) is 0.500. The summed E-state index contributed by atoms with van der Waals surface area (Å²) in [5, 5.41) is 5.51. The summed E-state index contributed by atoms with van der Waals surface area (Å²) in [5.74, 6) is -1.79. The quantitative estimate of drug-likeness (QED) is 0.451. The predicted molar refractivity (Wildman–Crippen MR) is 149 cm³/mol. The van der Waals surface area contributed by atoms with Crippen molar-refractivity contribution in [2.75, 3.05) is 18.6 Å². The summed E-state index contributed by atoms with van der Waals surface area (Å²) < 4.78 is 5.68. The summed E-state index contributed by atoms with van der Waals surface area (Å²) >= 11 is 0. The van der Waals surface area contributed by atoms with Crippen molar-refractivity contribution in [3.8, 4) is 0 Å². The normalized spacial score (nSPS) is 25.4. The average Bonchev–Trinajstić information content (AvgIpc) is 2.92. The second-order valence-electron chi connectivity index (χ2n) is 11.2. The minimum Gasteiger partial charge on any atom is -0.451 e. The Morgan fingerprint density at radius 2 is 1.85 bits per heavy atom. The average molecular weight is 552 g/mol. The van der Waals surface area contributed by atoms with Crippen LogP contribution in [0.2, 0.25) is 0 Å². The molecule has 0 radical (unpaired) electrons. The molecule has 1 aromatic heterocycles. The van der Waals surface area contributed by atoms with Crippen molar-refractivity contribution in [2.45, 2.75) is 65.6 Å². The van der Waals surface area contributed by atoms with Gasteiger partial charge < -0.3 is 10.1 Å². The Morgan fingerprint density at radius 3 is 2.58 bits per heavy atom. The first-order valence-electron chi connectivity index (χ1n) is 13.4. The van der Waals surface area contributed by atoms with Crippen LogP contribution in [0.4, 0.5) is 5.82 Å². The van der Waals surface area contributed by atoms with E-state index in [2.05, 4.69) is 26.1 Å². The number of amides is 3. The van der Waals surface area contributed by atoms with E-state index < -0.39 is 41.4 Å². The van der Waals surface area contributed by atoms with Gasteiger partial charge in [-0.25, -0.2) is 10.4 Å². The number of hydrogen-bond donors (Lipinski definition) is 3. The third-order valence-corrected chi connectivity index (χ3v) is 6.99. The number of aromatic nitrogens is 2. The standard InChI is InChI=1S/C28H37N7O5/c1-16(2)23-25(37)30-17(3)26(38)35-13-7-8-20(32-35)24(36)33-34(6)22-15-29-19-10-9-18(14-21(19)31-22)11-12-28(4,5)27(39)40-23/h9-12,14-17,20,23,32H,7-8,13H2,1-6H3,(H,30,37)(H,33,36)/b12-11+/t17-,20-,23-/m0/s1. The number of anilines is 1. The van der Waals surface area contributed by atoms with Crippen LogP contribution in [0.25, 0.3) is 17.1 Å². The van der Waals surface area contributed by atoms with E-state index in [0.717, 1.165) is 5.56 Å². The van der Waals surface area contributed by atoms with Crippen molar-refractivity contribution in [1.82, 2.24) is 31.1 Å². The number of benzene rings is 1. The molecule has 0 spiro atoms. The van der Waals surface area contributed by atoms with Crippen LogP contribution in [0, 0.1) is 11.3 Å². The number of carbonyl (C=O) groups is 4. The molecule has 3 heterocycles. The highest BCUT2D eigenvalue weighted by atomic mass is 16.5. The molecule has 2 aliphatic heterocycles. The van der Waals surface area contributed by atoms with Crippen molar-refractivity contribution in [1.29, 1.82) is 0 Å². The van der Waals surface area contributed by atoms with Gasteiger partial charge in [0.1, 0.15) is 12.1 Å². The molecule has 3 atom stereocenters. The fourth-order valence-corrected chi connectivity index (χ4v) is 4.44. The van der Waals surface area contributed by atoms with E-state index in [1.54, 1.807) is 60.0 Å². The van der Waals surface area contributed by atoms with E-state index in [4.69, 9.17) is 4.74 Å². The Labute approximate surface area is 233 Å². The zero-order valence-corrected chi connectivity index (χ0v) is 23.7. The highest BCUT2D eigenvalue weighted by Crippen LogP contribution is 2.25. The molecule has 2 aromatic rings. The predicted octanol–water partition coefficient (Wildman–Crippen LogP) is 1.72. The van der Waals surface area contributed by atoms with Gasteiger partial charge >= 0.3 is 5.97 Å². The Hall–Kier alpha value is -4.06. The third kappa shape index (κ3) is 6.39. The number of cyclic esters (lactones) is 1. The van der Waals surface area contributed by atoms with Gasteiger partial charge in [0.05, 0.1) is 22.6 Å². The number of carbonyl (C=O) groups excluding carboxylic acids is 4. The highest BCUT2D eigenvalue weighted by molar-refractivity contribution is 5.91. The molecule has 0 saturated carbocycles. The van der Waals surface area contributed by atoms with Gasteiger partial charge in [0.15, 0.2) is 11.9 Å². The van der Waals surface area contributed by atoms with Crippen LogP contribution in [0.15, 0.2) is 30.5 Å². The number of nitrogens with zero attached hydrogens (tertiary/aromatic N) is 4. The van der Waals surface area contributed by atoms with Crippen molar-refractivity contribution >= 4 is 46.6 Å². The number of fused-ring (bicyclic) bond motifs is 4. The number of ether oxygens (including phenoxy) is 1. The van der Waals surface area contributed by atoms with E-state index in [1.807, 2.05) is 18.2 Å². The molecule has 0 unspecified atom stereocenters. The molecule has 2 aliphatic rings. The molecule has 40 heavy (non-hydrogen) atoms. The zero-order chi connectivity index (χ0) is 29.2. The molecule has 3 amide bonds. The van der Waals surface area contributed by atoms with Crippen LogP contribution in [-0.4, -0.2) is 70.4 Å². The summed E-state index contributed by atoms with van der Waals surface area (Å²) in [4.78, 5) is 61.7. The van der Waals surface area contributed by atoms with Gasteiger partial charge in [-0.1, -0.05) is 32.1 Å². The topological polar surface area (TPSA) is 146 Å². The first-order chi connectivity index (χ1) is 18.9. The maximum Gasteiger partial charge on any atom is 0.316 e. The van der Waals surface area contributed by atoms with Gasteiger partial charge in [-0.15, -0.1) is 0 Å². The van der Waals surface area contributed by atoms with Crippen LogP contribution in [-0.2, 0) is 23.9 Å². The molecular formula is C28H37N7O5. The molecule has 3 N–H and O–H groups in total. The number of esters is 1.